The van der Waals surface area contributed by atoms with Gasteiger partial charge in [0.25, 0.3) is 0 Å². The van der Waals surface area contributed by atoms with Gasteiger partial charge in [0.1, 0.15) is 5.82 Å². The molecule has 0 saturated heterocycles. The van der Waals surface area contributed by atoms with Crippen molar-refractivity contribution < 1.29 is 0 Å². The largest absolute Gasteiger partial charge is 0.324 e. The molecule has 0 fully saturated rings. The Morgan fingerprint density at radius 1 is 1.44 bits per heavy atom. The van der Waals surface area contributed by atoms with Crippen molar-refractivity contribution in [3.05, 3.63) is 35.5 Å². The number of allylic oxidation sites excluding steroid dienone is 1. The fraction of sp³-hybridized carbons (Fsp3) is 0.273. The van der Waals surface area contributed by atoms with Crippen LogP contribution in [0.2, 0.25) is 0 Å². The normalized spacial score (nSPS) is 24.1. The molecule has 4 nitrogen and oxygen atoms in total. The van der Waals surface area contributed by atoms with Gasteiger partial charge >= 0.3 is 0 Å². The number of nitrogens with one attached hydrogen (secondary N) is 1. The Balaban J connectivity index is 1.86. The molecule has 2 unspecified atom stereocenters. The van der Waals surface area contributed by atoms with Gasteiger partial charge in [-0.15, -0.1) is 11.3 Å². The van der Waals surface area contributed by atoms with Gasteiger partial charge in [0.05, 0.1) is 4.88 Å². The molecule has 0 amide bonds. The molecular weight excluding hydrogens is 220 g/mol. The molecule has 2 aromatic heterocycles. The van der Waals surface area contributed by atoms with Crippen LogP contribution in [0.3, 0.4) is 0 Å². The molecule has 3 rings (SSSR count). The van der Waals surface area contributed by atoms with Crippen LogP contribution in [-0.4, -0.2) is 21.2 Å². The molecule has 0 aromatic carbocycles. The Bertz CT molecular complexity index is 500. The van der Waals surface area contributed by atoms with Crippen molar-refractivity contribution >= 4 is 11.3 Å². The minimum atomic E-state index is 0.153. The van der Waals surface area contributed by atoms with Gasteiger partial charge in [0.2, 0.25) is 0 Å². The molecular formula is C11H12N4S. The number of nitrogens with two attached hydrogens (primary N) is 1. The summed E-state index contributed by atoms with van der Waals surface area (Å²) in [6.07, 6.45) is 5.04. The standard InChI is InChI=1S/C11H12N4S/c12-8-4-3-7(6-8)10-13-11(15-14-10)9-2-1-5-16-9/h1-5,7-8H,6,12H2,(H,13,14,15). The lowest BCUT2D eigenvalue weighted by Gasteiger charge is -2.03. The van der Waals surface area contributed by atoms with Gasteiger partial charge in [-0.25, -0.2) is 4.98 Å². The summed E-state index contributed by atoms with van der Waals surface area (Å²) in [5, 5.41) is 9.25. The summed E-state index contributed by atoms with van der Waals surface area (Å²) in [5.74, 6) is 1.97. The minimum absolute atomic E-state index is 0.153. The van der Waals surface area contributed by atoms with E-state index in [0.29, 0.717) is 0 Å². The smallest absolute Gasteiger partial charge is 0.191 e. The number of H-pyrrole nitrogens is 1. The van der Waals surface area contributed by atoms with Gasteiger partial charge in [0, 0.05) is 12.0 Å². The molecule has 0 bridgehead atoms. The third kappa shape index (κ3) is 1.68. The summed E-state index contributed by atoms with van der Waals surface area (Å²) >= 11 is 1.64. The molecule has 3 N–H and O–H groups in total. The second kappa shape index (κ2) is 3.84. The molecule has 1 aliphatic rings. The van der Waals surface area contributed by atoms with Crippen molar-refractivity contribution in [2.75, 3.05) is 0 Å². The van der Waals surface area contributed by atoms with Crippen LogP contribution in [0, 0.1) is 0 Å². The van der Waals surface area contributed by atoms with Gasteiger partial charge in [-0.2, -0.15) is 5.10 Å². The first-order valence-electron chi connectivity index (χ1n) is 5.23. The van der Waals surface area contributed by atoms with Crippen molar-refractivity contribution in [3.8, 4) is 10.7 Å². The average molecular weight is 232 g/mol. The predicted octanol–water partition coefficient (Wildman–Crippen LogP) is 1.90. The van der Waals surface area contributed by atoms with Crippen LogP contribution in [0.15, 0.2) is 29.7 Å². The highest BCUT2D eigenvalue weighted by molar-refractivity contribution is 7.13. The Hall–Kier alpha value is -1.46. The maximum absolute atomic E-state index is 5.82. The van der Waals surface area contributed by atoms with E-state index >= 15 is 0 Å². The van der Waals surface area contributed by atoms with E-state index in [1.807, 2.05) is 23.6 Å². The van der Waals surface area contributed by atoms with E-state index < -0.39 is 0 Å². The van der Waals surface area contributed by atoms with E-state index in [9.17, 15) is 0 Å². The van der Waals surface area contributed by atoms with E-state index in [1.54, 1.807) is 11.3 Å². The van der Waals surface area contributed by atoms with Crippen molar-refractivity contribution in [2.24, 2.45) is 5.73 Å². The lowest BCUT2D eigenvalue weighted by Crippen LogP contribution is -2.14. The van der Waals surface area contributed by atoms with Crippen LogP contribution >= 0.6 is 11.3 Å². The minimum Gasteiger partial charge on any atom is -0.324 e. The first kappa shape index (κ1) is 9.74. The first-order valence-corrected chi connectivity index (χ1v) is 6.11. The fourth-order valence-corrected chi connectivity index (χ4v) is 2.54. The SMILES string of the molecule is NC1C=CC(c2nc(-c3cccs3)n[nH]2)C1. The van der Waals surface area contributed by atoms with Gasteiger partial charge in [-0.3, -0.25) is 5.10 Å². The Labute approximate surface area is 97.2 Å². The summed E-state index contributed by atoms with van der Waals surface area (Å²) < 4.78 is 0. The molecule has 0 saturated carbocycles. The molecule has 2 atom stereocenters. The molecule has 1 aliphatic carbocycles. The predicted molar refractivity (Wildman–Crippen MR) is 64.2 cm³/mol. The molecule has 2 aromatic rings. The van der Waals surface area contributed by atoms with Crippen molar-refractivity contribution in [1.29, 1.82) is 0 Å². The summed E-state index contributed by atoms with van der Waals surface area (Å²) in [5.41, 5.74) is 5.82. The number of aromatic amines is 1. The number of aromatic nitrogens is 3. The summed E-state index contributed by atoms with van der Waals surface area (Å²) in [6, 6.07) is 4.18. The number of nitrogens with zero attached hydrogens (tertiary/aromatic N) is 2. The summed E-state index contributed by atoms with van der Waals surface area (Å²) in [7, 11) is 0. The van der Waals surface area contributed by atoms with E-state index in [1.165, 1.54) is 0 Å². The zero-order valence-corrected chi connectivity index (χ0v) is 9.45. The van der Waals surface area contributed by atoms with E-state index in [4.69, 9.17) is 5.73 Å². The van der Waals surface area contributed by atoms with E-state index in [0.717, 1.165) is 22.9 Å². The molecule has 0 radical (unpaired) electrons. The Morgan fingerprint density at radius 3 is 3.06 bits per heavy atom. The second-order valence-corrected chi connectivity index (χ2v) is 4.86. The Kier molecular flexibility index (Phi) is 2.34. The molecule has 5 heteroatoms. The molecule has 2 heterocycles. The molecule has 82 valence electrons. The highest BCUT2D eigenvalue weighted by atomic mass is 32.1. The van der Waals surface area contributed by atoms with Crippen molar-refractivity contribution in [2.45, 2.75) is 18.4 Å². The maximum Gasteiger partial charge on any atom is 0.191 e. The van der Waals surface area contributed by atoms with Crippen molar-refractivity contribution in [3.63, 3.8) is 0 Å². The van der Waals surface area contributed by atoms with Crippen LogP contribution in [-0.2, 0) is 0 Å². The highest BCUT2D eigenvalue weighted by Crippen LogP contribution is 2.27. The van der Waals surface area contributed by atoms with Crippen LogP contribution < -0.4 is 5.73 Å². The monoisotopic (exact) mass is 232 g/mol. The fourth-order valence-electron chi connectivity index (χ4n) is 1.89. The van der Waals surface area contributed by atoms with Crippen molar-refractivity contribution in [1.82, 2.24) is 15.2 Å². The summed E-state index contributed by atoms with van der Waals surface area (Å²) in [6.45, 7) is 0. The lowest BCUT2D eigenvalue weighted by molar-refractivity contribution is 0.679. The average Bonchev–Trinajstić information content (AvgIpc) is 2.97. The molecule has 0 spiro atoms. The third-order valence-electron chi connectivity index (χ3n) is 2.71. The van der Waals surface area contributed by atoms with Crippen LogP contribution in [0.1, 0.15) is 18.2 Å². The van der Waals surface area contributed by atoms with E-state index in [-0.39, 0.29) is 12.0 Å². The number of rotatable bonds is 2. The van der Waals surface area contributed by atoms with Crippen LogP contribution in [0.5, 0.6) is 0 Å². The summed E-state index contributed by atoms with van der Waals surface area (Å²) in [4.78, 5) is 5.60. The zero-order chi connectivity index (χ0) is 11.0. The third-order valence-corrected chi connectivity index (χ3v) is 3.58. The number of hydrogen-bond acceptors (Lipinski definition) is 4. The van der Waals surface area contributed by atoms with Gasteiger partial charge in [-0.1, -0.05) is 18.2 Å². The van der Waals surface area contributed by atoms with Crippen LogP contribution in [0.25, 0.3) is 10.7 Å². The number of thiophene rings is 1. The first-order chi connectivity index (χ1) is 7.83. The molecule has 0 aliphatic heterocycles. The van der Waals surface area contributed by atoms with Crippen LogP contribution in [0.4, 0.5) is 0 Å². The lowest BCUT2D eigenvalue weighted by atomic mass is 10.1. The second-order valence-electron chi connectivity index (χ2n) is 3.91. The topological polar surface area (TPSA) is 67.6 Å². The zero-order valence-electron chi connectivity index (χ0n) is 8.63. The van der Waals surface area contributed by atoms with Gasteiger partial charge in [-0.05, 0) is 17.9 Å². The Morgan fingerprint density at radius 2 is 2.38 bits per heavy atom. The highest BCUT2D eigenvalue weighted by Gasteiger charge is 2.21. The van der Waals surface area contributed by atoms with Gasteiger partial charge in [0.15, 0.2) is 5.82 Å². The molecule has 16 heavy (non-hydrogen) atoms. The number of hydrogen-bond donors (Lipinski definition) is 2. The quantitative estimate of drug-likeness (QED) is 0.777. The van der Waals surface area contributed by atoms with Gasteiger partial charge < -0.3 is 5.73 Å². The van der Waals surface area contributed by atoms with E-state index in [2.05, 4.69) is 21.3 Å². The maximum atomic E-state index is 5.82.